The molecule has 4 rings (SSSR count). The van der Waals surface area contributed by atoms with Crippen LogP contribution in [-0.2, 0) is 26.0 Å². The monoisotopic (exact) mass is 640 g/mol. The van der Waals surface area contributed by atoms with Crippen molar-refractivity contribution in [1.82, 2.24) is 19.6 Å². The Morgan fingerprint density at radius 1 is 1.12 bits per heavy atom. The Bertz CT molecular complexity index is 1400. The molecule has 4 N–H and O–H groups in total. The molecule has 2 amide bonds. The number of nitrogens with two attached hydrogens (primary N) is 1. The van der Waals surface area contributed by atoms with Crippen LogP contribution in [0.25, 0.3) is 0 Å². The van der Waals surface area contributed by atoms with Crippen molar-refractivity contribution < 1.29 is 26.8 Å². The first kappa shape index (κ1) is 34.3. The number of rotatable bonds is 11. The number of anilines is 2. The maximum atomic E-state index is 13.9. The molecular formula is C29H39ClF2N6O4S. The molecule has 236 valence electrons. The van der Waals surface area contributed by atoms with Crippen LogP contribution in [0.2, 0.25) is 0 Å². The number of piperidine rings is 1. The molecule has 0 bridgehead atoms. The summed E-state index contributed by atoms with van der Waals surface area (Å²) in [4.78, 5) is 35.7. The molecule has 0 unspecified atom stereocenters. The molecular weight excluding hydrogens is 602 g/mol. The molecule has 1 saturated carbocycles. The molecule has 0 spiro atoms. The van der Waals surface area contributed by atoms with Gasteiger partial charge in [0.15, 0.2) is 0 Å². The van der Waals surface area contributed by atoms with Gasteiger partial charge in [0.2, 0.25) is 21.8 Å². The average Bonchev–Trinajstić information content (AvgIpc) is 3.52. The average molecular weight is 641 g/mol. The van der Waals surface area contributed by atoms with Crippen LogP contribution in [0.5, 0.6) is 0 Å². The van der Waals surface area contributed by atoms with E-state index < -0.39 is 28.1 Å². The van der Waals surface area contributed by atoms with Gasteiger partial charge in [0, 0.05) is 19.5 Å². The molecule has 1 aromatic heterocycles. The number of aromatic nitrogens is 2. The molecule has 10 nitrogen and oxygen atoms in total. The number of nitrogens with one attached hydrogen (secondary N) is 2. The van der Waals surface area contributed by atoms with E-state index in [0.29, 0.717) is 18.5 Å². The number of nitrogen functional groups attached to an aromatic ring is 1. The highest BCUT2D eigenvalue weighted by molar-refractivity contribution is 7.89. The highest BCUT2D eigenvalue weighted by Gasteiger charge is 2.33. The van der Waals surface area contributed by atoms with E-state index in [2.05, 4.69) is 20.0 Å². The second-order valence-corrected chi connectivity index (χ2v) is 12.5. The van der Waals surface area contributed by atoms with E-state index in [0.717, 1.165) is 31.2 Å². The lowest BCUT2D eigenvalue weighted by molar-refractivity contribution is -0.133. The summed E-state index contributed by atoms with van der Waals surface area (Å²) in [5.74, 6) is -0.399. The number of amides is 2. The van der Waals surface area contributed by atoms with Crippen molar-refractivity contribution in [3.05, 3.63) is 53.5 Å². The minimum Gasteiger partial charge on any atom is -0.382 e. The summed E-state index contributed by atoms with van der Waals surface area (Å²) in [5, 5.41) is 2.81. The fourth-order valence-electron chi connectivity index (χ4n) is 5.58. The van der Waals surface area contributed by atoms with E-state index in [1.165, 1.54) is 23.4 Å². The van der Waals surface area contributed by atoms with Crippen LogP contribution < -0.4 is 15.8 Å². The Hall–Kier alpha value is -3.16. The molecule has 1 atom stereocenters. The number of halogens is 3. The number of hydrogen-bond donors (Lipinski definition) is 3. The van der Waals surface area contributed by atoms with Gasteiger partial charge in [-0.05, 0) is 68.1 Å². The van der Waals surface area contributed by atoms with Crippen LogP contribution in [0.15, 0.2) is 47.1 Å². The van der Waals surface area contributed by atoms with Crippen LogP contribution in [0.1, 0.15) is 81.9 Å². The molecule has 1 aromatic carbocycles. The number of nitrogens with zero attached hydrogens (tertiary/aromatic N) is 3. The molecule has 2 fully saturated rings. The maximum Gasteiger partial charge on any atom is 0.269 e. The number of hydrogen-bond acceptors (Lipinski definition) is 7. The molecule has 2 heterocycles. The standard InChI is InChI=1S/C29H38F2N6O4S.ClH/c1-2-26(38)35-27-22(19-7-3-4-8-19)10-6-12-24(27)42(40,41)36-23(11-5-9-21-17-34-25(32)18-33-21)29(39)37-15-13-20(14-16-37)28(30)31;/h6,10,12,17-19,23,36H,2-5,7-9,11,13-16H2,1H3,(H2,32,34)(H,35,38);1H/t23-;/m0./s1. The molecule has 2 aliphatic rings. The van der Waals surface area contributed by atoms with E-state index in [4.69, 9.17) is 5.73 Å². The Labute approximate surface area is 257 Å². The van der Waals surface area contributed by atoms with Crippen molar-refractivity contribution in [2.24, 2.45) is 0 Å². The van der Waals surface area contributed by atoms with Crippen molar-refractivity contribution in [3.8, 4) is 0 Å². The molecule has 0 radical (unpaired) electrons. The minimum atomic E-state index is -4.29. The van der Waals surface area contributed by atoms with E-state index in [9.17, 15) is 26.8 Å². The fourth-order valence-corrected chi connectivity index (χ4v) is 7.00. The zero-order valence-electron chi connectivity index (χ0n) is 24.2. The van der Waals surface area contributed by atoms with Gasteiger partial charge >= 0.3 is 0 Å². The van der Waals surface area contributed by atoms with Gasteiger partial charge in [-0.15, -0.1) is 12.4 Å². The number of aryl methyl sites for hydroxylation is 1. The van der Waals surface area contributed by atoms with E-state index >= 15 is 0 Å². The number of carbonyl (C=O) groups is 2. The summed E-state index contributed by atoms with van der Waals surface area (Å²) in [6, 6.07) is 3.78. The number of para-hydroxylation sites is 1. The Morgan fingerprint density at radius 3 is 2.42 bits per heavy atom. The van der Waals surface area contributed by atoms with Crippen molar-refractivity contribution in [2.75, 3.05) is 24.1 Å². The minimum absolute atomic E-state index is 0. The maximum absolute atomic E-state index is 13.9. The van der Waals surface area contributed by atoms with Crippen molar-refractivity contribution >= 4 is 45.7 Å². The van der Waals surface area contributed by atoms with Gasteiger partial charge in [-0.2, -0.15) is 13.5 Å². The summed E-state index contributed by atoms with van der Waals surface area (Å²) in [6.07, 6.45) is 6.26. The number of carbonyl (C=O) groups excluding carboxylic acids is 2. The third-order valence-electron chi connectivity index (χ3n) is 7.92. The van der Waals surface area contributed by atoms with Crippen LogP contribution >= 0.6 is 12.4 Å². The molecule has 14 heteroatoms. The summed E-state index contributed by atoms with van der Waals surface area (Å²) >= 11 is 0. The first-order valence-corrected chi connectivity index (χ1v) is 15.9. The van der Waals surface area contributed by atoms with E-state index in [1.54, 1.807) is 13.0 Å². The molecule has 43 heavy (non-hydrogen) atoms. The highest BCUT2D eigenvalue weighted by atomic mass is 35.5. The molecule has 1 saturated heterocycles. The van der Waals surface area contributed by atoms with Crippen LogP contribution in [0.4, 0.5) is 20.3 Å². The summed E-state index contributed by atoms with van der Waals surface area (Å²) < 4.78 is 56.7. The van der Waals surface area contributed by atoms with Crippen LogP contribution in [0, 0.1) is 0 Å². The molecule has 1 aliphatic heterocycles. The number of likely N-dealkylation sites (tertiary alicyclic amines) is 1. The Balaban J connectivity index is 0.00000506. The third-order valence-corrected chi connectivity index (χ3v) is 9.43. The van der Waals surface area contributed by atoms with Gasteiger partial charge in [0.25, 0.3) is 6.08 Å². The highest BCUT2D eigenvalue weighted by Crippen LogP contribution is 2.40. The zero-order chi connectivity index (χ0) is 30.3. The lowest BCUT2D eigenvalue weighted by Gasteiger charge is -2.31. The lowest BCUT2D eigenvalue weighted by Crippen LogP contribution is -2.50. The van der Waals surface area contributed by atoms with E-state index in [1.807, 2.05) is 6.07 Å². The third kappa shape index (κ3) is 8.93. The van der Waals surface area contributed by atoms with Gasteiger partial charge in [-0.1, -0.05) is 31.9 Å². The number of benzene rings is 1. The smallest absolute Gasteiger partial charge is 0.269 e. The first-order chi connectivity index (χ1) is 20.1. The van der Waals surface area contributed by atoms with Crippen LogP contribution in [0.3, 0.4) is 0 Å². The first-order valence-electron chi connectivity index (χ1n) is 14.4. The van der Waals surface area contributed by atoms with Crippen molar-refractivity contribution in [1.29, 1.82) is 0 Å². The fraction of sp³-hybridized carbons (Fsp3) is 0.517. The van der Waals surface area contributed by atoms with Crippen molar-refractivity contribution in [3.63, 3.8) is 0 Å². The lowest BCUT2D eigenvalue weighted by atomic mass is 9.96. The largest absolute Gasteiger partial charge is 0.382 e. The van der Waals surface area contributed by atoms with Crippen LogP contribution in [-0.4, -0.2) is 54.2 Å². The summed E-state index contributed by atoms with van der Waals surface area (Å²) in [7, 11) is -4.29. The predicted octanol–water partition coefficient (Wildman–Crippen LogP) is 4.93. The normalized spacial score (nSPS) is 16.4. The van der Waals surface area contributed by atoms with Gasteiger partial charge in [0.1, 0.15) is 16.8 Å². The van der Waals surface area contributed by atoms with Gasteiger partial charge < -0.3 is 16.0 Å². The zero-order valence-corrected chi connectivity index (χ0v) is 25.8. The quantitative estimate of drug-likeness (QED) is 0.315. The molecule has 2 aromatic rings. The Morgan fingerprint density at radius 2 is 1.81 bits per heavy atom. The summed E-state index contributed by atoms with van der Waals surface area (Å²) in [5.41, 5.74) is 7.27. The predicted molar refractivity (Wildman–Crippen MR) is 162 cm³/mol. The molecule has 1 aliphatic carbocycles. The van der Waals surface area contributed by atoms with Gasteiger partial charge in [0.05, 0.1) is 23.8 Å². The van der Waals surface area contributed by atoms with E-state index in [-0.39, 0.29) is 85.0 Å². The van der Waals surface area contributed by atoms with Gasteiger partial charge in [-0.25, -0.2) is 13.4 Å². The Kier molecular flexibility index (Phi) is 12.4. The topological polar surface area (TPSA) is 147 Å². The number of sulfonamides is 1. The SMILES string of the molecule is CCC(=O)Nc1c(C2CCCC2)cccc1S(=O)(=O)N[C@@H](CCCc1cnc(N)cn1)C(=O)N1CCC(=C(F)F)CC1.Cl. The second kappa shape index (κ2) is 15.5. The summed E-state index contributed by atoms with van der Waals surface area (Å²) in [6.45, 7) is 1.83. The second-order valence-electron chi connectivity index (χ2n) is 10.8. The van der Waals surface area contributed by atoms with Gasteiger partial charge in [-0.3, -0.25) is 14.6 Å². The van der Waals surface area contributed by atoms with Crippen molar-refractivity contribution in [2.45, 2.75) is 88.0 Å².